The standard InChI is InChI=1S/C15H28O3/c1-10-11-6-8-14(10,4)18-15(11,5)9-7-12(16)13(2,3)17/h10-12,16-17H,6-9H2,1-5H3/t10-,11+,12+,14+,15+/m0/s1. The molecule has 2 aliphatic rings. The van der Waals surface area contributed by atoms with Gasteiger partial charge in [-0.15, -0.1) is 0 Å². The van der Waals surface area contributed by atoms with E-state index >= 15 is 0 Å². The minimum absolute atomic E-state index is 0.0269. The number of hydrogen-bond acceptors (Lipinski definition) is 3. The lowest BCUT2D eigenvalue weighted by Gasteiger charge is -2.38. The second-order valence-corrected chi connectivity index (χ2v) is 7.37. The lowest BCUT2D eigenvalue weighted by atomic mass is 9.79. The van der Waals surface area contributed by atoms with Crippen molar-refractivity contribution in [1.29, 1.82) is 0 Å². The molecule has 0 radical (unpaired) electrons. The van der Waals surface area contributed by atoms with Gasteiger partial charge in [-0.25, -0.2) is 0 Å². The third-order valence-corrected chi connectivity index (χ3v) is 5.50. The summed E-state index contributed by atoms with van der Waals surface area (Å²) in [6, 6.07) is 0. The molecule has 0 unspecified atom stereocenters. The van der Waals surface area contributed by atoms with Crippen LogP contribution >= 0.6 is 0 Å². The Kier molecular flexibility index (Phi) is 3.33. The molecule has 1 aliphatic heterocycles. The molecule has 2 N–H and O–H groups in total. The second-order valence-electron chi connectivity index (χ2n) is 7.37. The maximum Gasteiger partial charge on any atom is 0.0849 e. The zero-order valence-corrected chi connectivity index (χ0v) is 12.4. The minimum Gasteiger partial charge on any atom is -0.390 e. The van der Waals surface area contributed by atoms with Gasteiger partial charge in [-0.2, -0.15) is 0 Å². The van der Waals surface area contributed by atoms with Gasteiger partial charge in [0.2, 0.25) is 0 Å². The lowest BCUT2D eigenvalue weighted by molar-refractivity contribution is -0.137. The Morgan fingerprint density at radius 2 is 2.00 bits per heavy atom. The van der Waals surface area contributed by atoms with Crippen LogP contribution in [0.4, 0.5) is 0 Å². The molecule has 0 aromatic carbocycles. The lowest BCUT2D eigenvalue weighted by Crippen LogP contribution is -2.42. The van der Waals surface area contributed by atoms with Crippen molar-refractivity contribution in [1.82, 2.24) is 0 Å². The molecule has 2 bridgehead atoms. The highest BCUT2D eigenvalue weighted by Gasteiger charge is 2.60. The Morgan fingerprint density at radius 1 is 1.39 bits per heavy atom. The van der Waals surface area contributed by atoms with Crippen LogP contribution in [-0.2, 0) is 4.74 Å². The number of ether oxygens (including phenoxy) is 1. The highest BCUT2D eigenvalue weighted by molar-refractivity contribution is 5.08. The third-order valence-electron chi connectivity index (χ3n) is 5.50. The van der Waals surface area contributed by atoms with Gasteiger partial charge in [-0.05, 0) is 65.2 Å². The first-order chi connectivity index (χ1) is 8.08. The largest absolute Gasteiger partial charge is 0.390 e. The fraction of sp³-hybridized carbons (Fsp3) is 1.00. The van der Waals surface area contributed by atoms with E-state index in [0.29, 0.717) is 18.3 Å². The second kappa shape index (κ2) is 4.19. The smallest absolute Gasteiger partial charge is 0.0849 e. The number of hydrogen-bond donors (Lipinski definition) is 2. The van der Waals surface area contributed by atoms with Gasteiger partial charge in [0, 0.05) is 0 Å². The number of aliphatic hydroxyl groups excluding tert-OH is 1. The molecular weight excluding hydrogens is 228 g/mol. The molecule has 0 aromatic heterocycles. The van der Waals surface area contributed by atoms with Crippen LogP contribution in [0.5, 0.6) is 0 Å². The summed E-state index contributed by atoms with van der Waals surface area (Å²) in [5, 5.41) is 19.7. The summed E-state index contributed by atoms with van der Waals surface area (Å²) in [5.41, 5.74) is -1.12. The topological polar surface area (TPSA) is 49.7 Å². The van der Waals surface area contributed by atoms with Crippen molar-refractivity contribution in [3.05, 3.63) is 0 Å². The Morgan fingerprint density at radius 3 is 2.39 bits per heavy atom. The van der Waals surface area contributed by atoms with Crippen molar-refractivity contribution < 1.29 is 14.9 Å². The van der Waals surface area contributed by atoms with Gasteiger partial charge in [0.15, 0.2) is 0 Å². The molecule has 1 saturated carbocycles. The summed E-state index contributed by atoms with van der Waals surface area (Å²) >= 11 is 0. The maximum absolute atomic E-state index is 9.96. The van der Waals surface area contributed by atoms with Crippen LogP contribution in [-0.4, -0.2) is 33.1 Å². The van der Waals surface area contributed by atoms with Gasteiger partial charge in [-0.1, -0.05) is 6.92 Å². The van der Waals surface area contributed by atoms with Gasteiger partial charge in [0.05, 0.1) is 22.9 Å². The maximum atomic E-state index is 9.96. The Bertz CT molecular complexity index is 322. The molecule has 1 saturated heterocycles. The molecule has 0 spiro atoms. The van der Waals surface area contributed by atoms with Gasteiger partial charge in [0.1, 0.15) is 0 Å². The molecular formula is C15H28O3. The normalized spacial score (nSPS) is 45.5. The van der Waals surface area contributed by atoms with Crippen LogP contribution < -0.4 is 0 Å². The Labute approximate surface area is 111 Å². The molecule has 5 atom stereocenters. The van der Waals surface area contributed by atoms with Gasteiger partial charge in [0.25, 0.3) is 0 Å². The predicted molar refractivity (Wildman–Crippen MR) is 71.3 cm³/mol. The van der Waals surface area contributed by atoms with E-state index in [1.165, 1.54) is 6.42 Å². The van der Waals surface area contributed by atoms with E-state index < -0.39 is 11.7 Å². The fourth-order valence-electron chi connectivity index (χ4n) is 3.94. The quantitative estimate of drug-likeness (QED) is 0.812. The predicted octanol–water partition coefficient (Wildman–Crippen LogP) is 2.49. The fourth-order valence-corrected chi connectivity index (χ4v) is 3.94. The van der Waals surface area contributed by atoms with E-state index in [2.05, 4.69) is 20.8 Å². The highest BCUT2D eigenvalue weighted by Crippen LogP contribution is 2.58. The monoisotopic (exact) mass is 256 g/mol. The van der Waals surface area contributed by atoms with Crippen LogP contribution in [0.15, 0.2) is 0 Å². The first kappa shape index (κ1) is 14.3. The highest BCUT2D eigenvalue weighted by atomic mass is 16.5. The summed E-state index contributed by atoms with van der Waals surface area (Å²) in [6.45, 7) is 10.00. The summed E-state index contributed by atoms with van der Waals surface area (Å²) < 4.78 is 6.32. The SMILES string of the molecule is C[C@H]1[C@H]2CC[C@@]1(C)O[C@]2(C)CC[C@@H](O)C(C)(C)O. The van der Waals surface area contributed by atoms with Crippen LogP contribution in [0.1, 0.15) is 60.3 Å². The average Bonchev–Trinajstić information content (AvgIpc) is 2.60. The third kappa shape index (κ3) is 2.21. The van der Waals surface area contributed by atoms with Crippen molar-refractivity contribution in [2.75, 3.05) is 0 Å². The minimum atomic E-state index is -1.02. The molecule has 2 rings (SSSR count). The zero-order valence-electron chi connectivity index (χ0n) is 12.4. The Balaban J connectivity index is 1.99. The molecule has 0 aromatic rings. The van der Waals surface area contributed by atoms with Crippen molar-refractivity contribution in [2.45, 2.75) is 83.2 Å². The summed E-state index contributed by atoms with van der Waals surface area (Å²) in [5.74, 6) is 1.19. The number of rotatable bonds is 4. The Hall–Kier alpha value is -0.120. The summed E-state index contributed by atoms with van der Waals surface area (Å²) in [6.07, 6.45) is 3.12. The summed E-state index contributed by atoms with van der Waals surface area (Å²) in [4.78, 5) is 0. The van der Waals surface area contributed by atoms with E-state index in [0.717, 1.165) is 12.8 Å². The molecule has 3 heteroatoms. The van der Waals surface area contributed by atoms with Crippen molar-refractivity contribution in [2.24, 2.45) is 11.8 Å². The first-order valence-electron chi connectivity index (χ1n) is 7.19. The van der Waals surface area contributed by atoms with Crippen LogP contribution in [0, 0.1) is 11.8 Å². The van der Waals surface area contributed by atoms with E-state index in [1.807, 2.05) is 0 Å². The molecule has 2 fully saturated rings. The van der Waals surface area contributed by atoms with Crippen molar-refractivity contribution in [3.63, 3.8) is 0 Å². The van der Waals surface area contributed by atoms with Crippen LogP contribution in [0.2, 0.25) is 0 Å². The van der Waals surface area contributed by atoms with E-state index in [4.69, 9.17) is 4.74 Å². The van der Waals surface area contributed by atoms with Gasteiger partial charge < -0.3 is 14.9 Å². The van der Waals surface area contributed by atoms with Gasteiger partial charge in [-0.3, -0.25) is 0 Å². The molecule has 18 heavy (non-hydrogen) atoms. The van der Waals surface area contributed by atoms with Crippen molar-refractivity contribution in [3.8, 4) is 0 Å². The molecule has 1 heterocycles. The molecule has 1 aliphatic carbocycles. The van der Waals surface area contributed by atoms with E-state index in [9.17, 15) is 10.2 Å². The van der Waals surface area contributed by atoms with E-state index in [-0.39, 0.29) is 11.2 Å². The number of aliphatic hydroxyl groups is 2. The summed E-state index contributed by atoms with van der Waals surface area (Å²) in [7, 11) is 0. The average molecular weight is 256 g/mol. The van der Waals surface area contributed by atoms with E-state index in [1.54, 1.807) is 13.8 Å². The first-order valence-corrected chi connectivity index (χ1v) is 7.19. The molecule has 106 valence electrons. The number of fused-ring (bicyclic) bond motifs is 2. The molecule has 0 amide bonds. The van der Waals surface area contributed by atoms with Crippen molar-refractivity contribution >= 4 is 0 Å². The van der Waals surface area contributed by atoms with Crippen LogP contribution in [0.25, 0.3) is 0 Å². The zero-order chi connectivity index (χ0) is 13.8. The molecule has 3 nitrogen and oxygen atoms in total. The van der Waals surface area contributed by atoms with Crippen LogP contribution in [0.3, 0.4) is 0 Å². The van der Waals surface area contributed by atoms with Gasteiger partial charge >= 0.3 is 0 Å².